The largest absolute Gasteiger partial charge is 0.494 e. The highest BCUT2D eigenvalue weighted by atomic mass is 16.5. The fourth-order valence-electron chi connectivity index (χ4n) is 2.53. The Morgan fingerprint density at radius 3 is 2.33 bits per heavy atom. The van der Waals surface area contributed by atoms with Crippen molar-refractivity contribution < 1.29 is 14.6 Å². The molecular formula is C21H32O3. The molecule has 1 aromatic rings. The predicted molar refractivity (Wildman–Crippen MR) is 100 cm³/mol. The van der Waals surface area contributed by atoms with E-state index in [0.29, 0.717) is 13.0 Å². The lowest BCUT2D eigenvalue weighted by Crippen LogP contribution is -2.01. The molecule has 3 nitrogen and oxygen atoms in total. The monoisotopic (exact) mass is 332 g/mol. The first-order valence-electron chi connectivity index (χ1n) is 9.33. The van der Waals surface area contributed by atoms with E-state index in [4.69, 9.17) is 9.84 Å². The van der Waals surface area contributed by atoms with Crippen LogP contribution in [0.4, 0.5) is 0 Å². The minimum Gasteiger partial charge on any atom is -0.494 e. The third-order valence-corrected chi connectivity index (χ3v) is 3.97. The molecule has 0 aromatic heterocycles. The fourth-order valence-corrected chi connectivity index (χ4v) is 2.53. The molecule has 0 fully saturated rings. The van der Waals surface area contributed by atoms with Gasteiger partial charge in [-0.15, -0.1) is 0 Å². The van der Waals surface area contributed by atoms with Crippen LogP contribution in [0.15, 0.2) is 30.3 Å². The van der Waals surface area contributed by atoms with Crippen LogP contribution in [0.3, 0.4) is 0 Å². The van der Waals surface area contributed by atoms with Gasteiger partial charge >= 0.3 is 5.97 Å². The van der Waals surface area contributed by atoms with Crippen molar-refractivity contribution >= 4 is 12.0 Å². The van der Waals surface area contributed by atoms with Crippen LogP contribution in [-0.2, 0) is 4.79 Å². The molecule has 0 saturated carbocycles. The second-order valence-electron chi connectivity index (χ2n) is 6.23. The Morgan fingerprint density at radius 2 is 1.67 bits per heavy atom. The summed E-state index contributed by atoms with van der Waals surface area (Å²) in [5.74, 6) is 0.0182. The highest BCUT2D eigenvalue weighted by Crippen LogP contribution is 2.14. The van der Waals surface area contributed by atoms with Gasteiger partial charge in [-0.2, -0.15) is 0 Å². The van der Waals surface area contributed by atoms with Crippen molar-refractivity contribution in [1.82, 2.24) is 0 Å². The average Bonchev–Trinajstić information content (AvgIpc) is 2.58. The number of ether oxygens (including phenoxy) is 1. The molecule has 0 aliphatic carbocycles. The Kier molecular flexibility index (Phi) is 11.5. The first kappa shape index (κ1) is 20.3. The number of hydrogen-bond acceptors (Lipinski definition) is 2. The quantitative estimate of drug-likeness (QED) is 0.420. The maximum absolute atomic E-state index is 10.4. The maximum atomic E-state index is 10.4. The second kappa shape index (κ2) is 13.6. The molecule has 0 heterocycles. The molecule has 0 spiro atoms. The SMILES string of the molecule is CCCCCCCCC/C=C/c1ccc(OCCCC(=O)O)cc1. The molecule has 1 rings (SSSR count). The van der Waals surface area contributed by atoms with Crippen LogP contribution in [-0.4, -0.2) is 17.7 Å². The number of rotatable bonds is 14. The molecule has 134 valence electrons. The van der Waals surface area contributed by atoms with Crippen molar-refractivity contribution in [3.63, 3.8) is 0 Å². The van der Waals surface area contributed by atoms with Crippen molar-refractivity contribution in [3.8, 4) is 5.75 Å². The zero-order chi connectivity index (χ0) is 17.5. The Labute approximate surface area is 146 Å². The lowest BCUT2D eigenvalue weighted by Gasteiger charge is -2.05. The van der Waals surface area contributed by atoms with Crippen molar-refractivity contribution in [3.05, 3.63) is 35.9 Å². The number of unbranched alkanes of at least 4 members (excludes halogenated alkanes) is 7. The van der Waals surface area contributed by atoms with Gasteiger partial charge in [-0.3, -0.25) is 4.79 Å². The molecule has 0 radical (unpaired) electrons. The summed E-state index contributed by atoms with van der Waals surface area (Å²) in [5, 5.41) is 8.57. The zero-order valence-electron chi connectivity index (χ0n) is 15.0. The maximum Gasteiger partial charge on any atom is 0.303 e. The van der Waals surface area contributed by atoms with E-state index in [1.807, 2.05) is 24.3 Å². The molecule has 0 bridgehead atoms. The minimum atomic E-state index is -0.778. The van der Waals surface area contributed by atoms with Gasteiger partial charge in [0.15, 0.2) is 0 Å². The molecule has 3 heteroatoms. The van der Waals surface area contributed by atoms with Gasteiger partial charge in [0, 0.05) is 6.42 Å². The van der Waals surface area contributed by atoms with Gasteiger partial charge < -0.3 is 9.84 Å². The highest BCUT2D eigenvalue weighted by molar-refractivity contribution is 5.66. The molecular weight excluding hydrogens is 300 g/mol. The molecule has 0 aliphatic rings. The number of allylic oxidation sites excluding steroid dienone is 1. The van der Waals surface area contributed by atoms with Crippen molar-refractivity contribution in [2.24, 2.45) is 0 Å². The van der Waals surface area contributed by atoms with Crippen molar-refractivity contribution in [1.29, 1.82) is 0 Å². The third-order valence-electron chi connectivity index (χ3n) is 3.97. The van der Waals surface area contributed by atoms with Crippen LogP contribution in [0, 0.1) is 0 Å². The number of carboxylic acid groups (broad SMARTS) is 1. The number of aliphatic carboxylic acids is 1. The number of carbonyl (C=O) groups is 1. The van der Waals surface area contributed by atoms with Gasteiger partial charge in [0.05, 0.1) is 6.61 Å². The summed E-state index contributed by atoms with van der Waals surface area (Å²) in [5.41, 5.74) is 1.18. The summed E-state index contributed by atoms with van der Waals surface area (Å²) in [6.45, 7) is 2.70. The number of carboxylic acids is 1. The molecule has 0 atom stereocenters. The highest BCUT2D eigenvalue weighted by Gasteiger charge is 1.98. The fraction of sp³-hybridized carbons (Fsp3) is 0.571. The van der Waals surface area contributed by atoms with E-state index in [1.54, 1.807) is 0 Å². The number of hydrogen-bond donors (Lipinski definition) is 1. The van der Waals surface area contributed by atoms with Crippen LogP contribution >= 0.6 is 0 Å². The summed E-state index contributed by atoms with van der Waals surface area (Å²) >= 11 is 0. The third kappa shape index (κ3) is 10.9. The Hall–Kier alpha value is -1.77. The van der Waals surface area contributed by atoms with Gasteiger partial charge in [-0.1, -0.05) is 69.7 Å². The molecule has 0 saturated heterocycles. The van der Waals surface area contributed by atoms with E-state index in [9.17, 15) is 4.79 Å². The minimum absolute atomic E-state index is 0.152. The zero-order valence-corrected chi connectivity index (χ0v) is 15.0. The van der Waals surface area contributed by atoms with E-state index >= 15 is 0 Å². The van der Waals surface area contributed by atoms with E-state index in [2.05, 4.69) is 19.1 Å². The standard InChI is InChI=1S/C21H32O3/c1-2-3-4-5-6-7-8-9-10-12-19-14-16-20(17-15-19)24-18-11-13-21(22)23/h10,12,14-17H,2-9,11,13,18H2,1H3,(H,22,23)/b12-10+. The summed E-state index contributed by atoms with van der Waals surface area (Å²) in [7, 11) is 0. The first-order chi connectivity index (χ1) is 11.7. The summed E-state index contributed by atoms with van der Waals surface area (Å²) in [6.07, 6.45) is 15.7. The topological polar surface area (TPSA) is 46.5 Å². The molecule has 0 aliphatic heterocycles. The van der Waals surface area contributed by atoms with Crippen molar-refractivity contribution in [2.45, 2.75) is 71.1 Å². The van der Waals surface area contributed by atoms with Gasteiger partial charge in [0.1, 0.15) is 5.75 Å². The Morgan fingerprint density at radius 1 is 1.00 bits per heavy atom. The normalized spacial score (nSPS) is 11.0. The Bertz CT molecular complexity index is 462. The number of benzene rings is 1. The second-order valence-corrected chi connectivity index (χ2v) is 6.23. The predicted octanol–water partition coefficient (Wildman–Crippen LogP) is 6.08. The molecule has 0 unspecified atom stereocenters. The van der Waals surface area contributed by atoms with E-state index in [0.717, 1.165) is 12.2 Å². The lowest BCUT2D eigenvalue weighted by atomic mass is 10.1. The van der Waals surface area contributed by atoms with E-state index in [1.165, 1.54) is 50.5 Å². The van der Waals surface area contributed by atoms with Crippen LogP contribution < -0.4 is 4.74 Å². The molecule has 1 N–H and O–H groups in total. The van der Waals surface area contributed by atoms with Crippen LogP contribution in [0.5, 0.6) is 5.75 Å². The van der Waals surface area contributed by atoms with Gasteiger partial charge in [0.25, 0.3) is 0 Å². The molecule has 1 aromatic carbocycles. The van der Waals surface area contributed by atoms with Gasteiger partial charge in [0.2, 0.25) is 0 Å². The van der Waals surface area contributed by atoms with Crippen LogP contribution in [0.25, 0.3) is 6.08 Å². The summed E-state index contributed by atoms with van der Waals surface area (Å²) in [6, 6.07) is 7.95. The average molecular weight is 332 g/mol. The molecule has 0 amide bonds. The smallest absolute Gasteiger partial charge is 0.303 e. The lowest BCUT2D eigenvalue weighted by molar-refractivity contribution is -0.137. The van der Waals surface area contributed by atoms with E-state index < -0.39 is 5.97 Å². The van der Waals surface area contributed by atoms with Crippen LogP contribution in [0.1, 0.15) is 76.7 Å². The van der Waals surface area contributed by atoms with Crippen molar-refractivity contribution in [2.75, 3.05) is 6.61 Å². The summed E-state index contributed by atoms with van der Waals surface area (Å²) < 4.78 is 5.52. The molecule has 24 heavy (non-hydrogen) atoms. The van der Waals surface area contributed by atoms with Gasteiger partial charge in [-0.25, -0.2) is 0 Å². The summed E-state index contributed by atoms with van der Waals surface area (Å²) in [4.78, 5) is 10.4. The van der Waals surface area contributed by atoms with E-state index in [-0.39, 0.29) is 6.42 Å². The Balaban J connectivity index is 2.11. The van der Waals surface area contributed by atoms with Crippen LogP contribution in [0.2, 0.25) is 0 Å². The van der Waals surface area contributed by atoms with Gasteiger partial charge in [-0.05, 0) is 37.0 Å². The first-order valence-corrected chi connectivity index (χ1v) is 9.33.